The van der Waals surface area contributed by atoms with E-state index in [1.54, 1.807) is 0 Å². The number of rotatable bonds is 4. The van der Waals surface area contributed by atoms with Crippen molar-refractivity contribution in [2.75, 3.05) is 7.05 Å². The number of aryl methyl sites for hydroxylation is 1. The number of aromatic nitrogens is 2. The molecule has 0 spiro atoms. The molecule has 2 aromatic rings. The van der Waals surface area contributed by atoms with Crippen LogP contribution in [0.3, 0.4) is 0 Å². The minimum Gasteiger partial charge on any atom is -0.368 e. The van der Waals surface area contributed by atoms with Gasteiger partial charge >= 0.3 is 6.18 Å². The third-order valence-electron chi connectivity index (χ3n) is 3.82. The number of primary amides is 1. The molecule has 0 aliphatic rings. The molecule has 132 valence electrons. The molecule has 0 fully saturated rings. The van der Waals surface area contributed by atoms with E-state index < -0.39 is 34.7 Å². The maximum Gasteiger partial charge on any atom is 0.416 e. The molecule has 0 radical (unpaired) electrons. The molecule has 0 aromatic carbocycles. The summed E-state index contributed by atoms with van der Waals surface area (Å²) in [6.45, 7) is 1.52. The van der Waals surface area contributed by atoms with E-state index in [0.717, 1.165) is 12.3 Å². The normalized spacial score (nSPS) is 13.8. The van der Waals surface area contributed by atoms with Crippen molar-refractivity contribution in [3.63, 3.8) is 0 Å². The first kappa shape index (κ1) is 18.4. The van der Waals surface area contributed by atoms with E-state index in [1.165, 1.54) is 32.3 Å². The summed E-state index contributed by atoms with van der Waals surface area (Å²) < 4.78 is 39.2. The molecular weight excluding hydrogens is 337 g/mol. The van der Waals surface area contributed by atoms with Crippen molar-refractivity contribution in [3.05, 3.63) is 59.2 Å². The van der Waals surface area contributed by atoms with Gasteiger partial charge in [-0.1, -0.05) is 6.07 Å². The van der Waals surface area contributed by atoms with Gasteiger partial charge in [-0.15, -0.1) is 0 Å². The van der Waals surface area contributed by atoms with Gasteiger partial charge in [0.15, 0.2) is 5.41 Å². The summed E-state index contributed by atoms with van der Waals surface area (Å²) >= 11 is 0. The third-order valence-corrected chi connectivity index (χ3v) is 3.82. The Labute approximate surface area is 141 Å². The average molecular weight is 352 g/mol. The molecule has 6 nitrogen and oxygen atoms in total. The van der Waals surface area contributed by atoms with E-state index in [-0.39, 0.29) is 11.3 Å². The number of nitrogens with zero attached hydrogens (tertiary/aromatic N) is 2. The SMILES string of the molecule is CNC(=O)C(C(N)=O)(c1cc(C(F)(F)F)ccn1)c1cccnc1C. The number of carbonyl (C=O) groups is 2. The van der Waals surface area contributed by atoms with Crippen molar-refractivity contribution in [1.82, 2.24) is 15.3 Å². The van der Waals surface area contributed by atoms with Crippen LogP contribution >= 0.6 is 0 Å². The molecule has 1 unspecified atom stereocenters. The highest BCUT2D eigenvalue weighted by Crippen LogP contribution is 2.36. The maximum atomic E-state index is 13.1. The van der Waals surface area contributed by atoms with Gasteiger partial charge in [-0.05, 0) is 25.1 Å². The van der Waals surface area contributed by atoms with E-state index in [2.05, 4.69) is 15.3 Å². The first-order chi connectivity index (χ1) is 11.7. The summed E-state index contributed by atoms with van der Waals surface area (Å²) in [5.41, 5.74) is 2.11. The van der Waals surface area contributed by atoms with Gasteiger partial charge in [0.25, 0.3) is 0 Å². The van der Waals surface area contributed by atoms with Gasteiger partial charge in [0.1, 0.15) is 0 Å². The molecule has 1 atom stereocenters. The molecular formula is C16H15F3N4O2. The lowest BCUT2D eigenvalue weighted by molar-refractivity contribution is -0.139. The number of pyridine rings is 2. The quantitative estimate of drug-likeness (QED) is 0.811. The summed E-state index contributed by atoms with van der Waals surface area (Å²) in [5.74, 6) is -2.06. The molecule has 0 saturated heterocycles. The summed E-state index contributed by atoms with van der Waals surface area (Å²) in [6.07, 6.45) is -2.37. The monoisotopic (exact) mass is 352 g/mol. The molecule has 2 aromatic heterocycles. The number of carbonyl (C=O) groups excluding carboxylic acids is 2. The highest BCUT2D eigenvalue weighted by atomic mass is 19.4. The average Bonchev–Trinajstić information content (AvgIpc) is 2.56. The topological polar surface area (TPSA) is 98.0 Å². The number of hydrogen-bond donors (Lipinski definition) is 2. The largest absolute Gasteiger partial charge is 0.416 e. The van der Waals surface area contributed by atoms with Crippen LogP contribution in [0.1, 0.15) is 22.5 Å². The lowest BCUT2D eigenvalue weighted by Gasteiger charge is -2.30. The maximum absolute atomic E-state index is 13.1. The molecule has 0 aliphatic heterocycles. The highest BCUT2D eigenvalue weighted by Gasteiger charge is 2.50. The van der Waals surface area contributed by atoms with Gasteiger partial charge in [0.05, 0.1) is 11.3 Å². The molecule has 2 heterocycles. The van der Waals surface area contributed by atoms with Gasteiger partial charge < -0.3 is 11.1 Å². The summed E-state index contributed by atoms with van der Waals surface area (Å²) in [7, 11) is 1.25. The minimum absolute atomic E-state index is 0.0636. The molecule has 3 N–H and O–H groups in total. The number of halogens is 3. The zero-order valence-electron chi connectivity index (χ0n) is 13.4. The molecule has 0 bridgehead atoms. The van der Waals surface area contributed by atoms with Crippen molar-refractivity contribution >= 4 is 11.8 Å². The molecule has 2 rings (SSSR count). The Bertz CT molecular complexity index is 823. The molecule has 0 aliphatic carbocycles. The molecule has 2 amide bonds. The number of nitrogens with two attached hydrogens (primary N) is 1. The zero-order valence-corrected chi connectivity index (χ0v) is 13.4. The van der Waals surface area contributed by atoms with Crippen LogP contribution in [0.15, 0.2) is 36.7 Å². The van der Waals surface area contributed by atoms with E-state index in [0.29, 0.717) is 6.07 Å². The van der Waals surface area contributed by atoms with Crippen molar-refractivity contribution in [2.24, 2.45) is 5.73 Å². The Kier molecular flexibility index (Phi) is 4.78. The Balaban J connectivity index is 2.88. The predicted molar refractivity (Wildman–Crippen MR) is 82.3 cm³/mol. The van der Waals surface area contributed by atoms with Gasteiger partial charge in [-0.25, -0.2) is 0 Å². The van der Waals surface area contributed by atoms with Crippen LogP contribution in [-0.2, 0) is 21.2 Å². The number of alkyl halides is 3. The lowest BCUT2D eigenvalue weighted by Crippen LogP contribution is -2.54. The zero-order chi connectivity index (χ0) is 18.8. The number of amides is 2. The van der Waals surface area contributed by atoms with Gasteiger partial charge in [0, 0.05) is 30.7 Å². The Hall–Kier alpha value is -2.97. The van der Waals surface area contributed by atoms with Crippen molar-refractivity contribution in [3.8, 4) is 0 Å². The van der Waals surface area contributed by atoms with Crippen LogP contribution < -0.4 is 11.1 Å². The van der Waals surface area contributed by atoms with Crippen LogP contribution in [0.4, 0.5) is 13.2 Å². The second-order valence-corrected chi connectivity index (χ2v) is 5.26. The van der Waals surface area contributed by atoms with Crippen molar-refractivity contribution in [1.29, 1.82) is 0 Å². The standard InChI is InChI=1S/C16H15F3N4O2/c1-9-11(4-3-6-22-9)15(13(20)24,14(25)21-2)12-8-10(5-7-23-12)16(17,18)19/h3-8H,1-2H3,(H2,20,24)(H,21,25). The number of hydrogen-bond acceptors (Lipinski definition) is 4. The first-order valence-electron chi connectivity index (χ1n) is 7.13. The van der Waals surface area contributed by atoms with Crippen LogP contribution in [0.25, 0.3) is 0 Å². The highest BCUT2D eigenvalue weighted by molar-refractivity contribution is 6.13. The van der Waals surface area contributed by atoms with Gasteiger partial charge in [-0.3, -0.25) is 19.6 Å². The molecule has 25 heavy (non-hydrogen) atoms. The number of nitrogens with one attached hydrogen (secondary N) is 1. The fourth-order valence-corrected chi connectivity index (χ4v) is 2.63. The molecule has 0 saturated carbocycles. The fourth-order valence-electron chi connectivity index (χ4n) is 2.63. The predicted octanol–water partition coefficient (Wildman–Crippen LogP) is 1.32. The van der Waals surface area contributed by atoms with Gasteiger partial charge in [0.2, 0.25) is 11.8 Å². The lowest BCUT2D eigenvalue weighted by atomic mass is 9.74. The van der Waals surface area contributed by atoms with E-state index in [9.17, 15) is 22.8 Å². The Morgan fingerprint density at radius 3 is 2.36 bits per heavy atom. The first-order valence-corrected chi connectivity index (χ1v) is 7.13. The van der Waals surface area contributed by atoms with Crippen LogP contribution in [-0.4, -0.2) is 28.8 Å². The van der Waals surface area contributed by atoms with E-state index in [4.69, 9.17) is 5.73 Å². The molecule has 9 heteroatoms. The van der Waals surface area contributed by atoms with Crippen LogP contribution in [0.2, 0.25) is 0 Å². The third kappa shape index (κ3) is 3.04. The summed E-state index contributed by atoms with van der Waals surface area (Å²) in [4.78, 5) is 32.8. The van der Waals surface area contributed by atoms with E-state index in [1.807, 2.05) is 0 Å². The smallest absolute Gasteiger partial charge is 0.368 e. The van der Waals surface area contributed by atoms with Crippen LogP contribution in [0, 0.1) is 6.92 Å². The minimum atomic E-state index is -4.67. The van der Waals surface area contributed by atoms with Crippen molar-refractivity contribution < 1.29 is 22.8 Å². The number of likely N-dealkylation sites (N-methyl/N-ethyl adjacent to an activating group) is 1. The Morgan fingerprint density at radius 2 is 1.84 bits per heavy atom. The Morgan fingerprint density at radius 1 is 1.16 bits per heavy atom. The van der Waals surface area contributed by atoms with Crippen molar-refractivity contribution in [2.45, 2.75) is 18.5 Å². The summed E-state index contributed by atoms with van der Waals surface area (Å²) in [5, 5.41) is 2.28. The van der Waals surface area contributed by atoms with Crippen LogP contribution in [0.5, 0.6) is 0 Å². The second kappa shape index (κ2) is 6.50. The second-order valence-electron chi connectivity index (χ2n) is 5.26. The van der Waals surface area contributed by atoms with E-state index >= 15 is 0 Å². The van der Waals surface area contributed by atoms with Gasteiger partial charge in [-0.2, -0.15) is 13.2 Å². The fraction of sp³-hybridized carbons (Fsp3) is 0.250. The summed E-state index contributed by atoms with van der Waals surface area (Å²) in [6, 6.07) is 4.25.